The topological polar surface area (TPSA) is 59.0 Å². The highest BCUT2D eigenvalue weighted by molar-refractivity contribution is 5.72. The molecule has 0 amide bonds. The number of aliphatic hydroxyl groups is 1. The van der Waals surface area contributed by atoms with Crippen molar-refractivity contribution in [3.05, 3.63) is 0 Å². The molecule has 1 saturated heterocycles. The second kappa shape index (κ2) is 7.38. The van der Waals surface area contributed by atoms with E-state index in [2.05, 4.69) is 4.90 Å². The van der Waals surface area contributed by atoms with Crippen molar-refractivity contribution in [3.8, 4) is 0 Å². The molecule has 5 heteroatoms. The maximum atomic E-state index is 11.7. The number of ether oxygens (including phenoxy) is 2. The molecule has 1 heterocycles. The molecule has 0 aromatic rings. The first kappa shape index (κ1) is 15.7. The summed E-state index contributed by atoms with van der Waals surface area (Å²) in [7, 11) is 2.03. The Kier molecular flexibility index (Phi) is 5.81. The number of esters is 1. The van der Waals surface area contributed by atoms with Gasteiger partial charge in [-0.05, 0) is 46.1 Å². The number of carbonyl (C=O) groups excluding carboxylic acids is 1. The number of likely N-dealkylation sites (N-methyl/N-ethyl adjacent to an activating group) is 1. The van der Waals surface area contributed by atoms with E-state index >= 15 is 0 Å². The van der Waals surface area contributed by atoms with Crippen LogP contribution < -0.4 is 0 Å². The zero-order valence-corrected chi connectivity index (χ0v) is 12.6. The molecule has 0 radical (unpaired) electrons. The molecular weight excluding hydrogens is 258 g/mol. The number of β-amino-alcohol motifs (C(OH)–C–C–N with tert-alkyl or cyclic N) is 1. The van der Waals surface area contributed by atoms with Gasteiger partial charge in [-0.3, -0.25) is 9.69 Å². The standard InChI is InChI=1S/C15H27NO4/c1-3-19-15(18)11-4-6-14(7-5-11)20-10-12-8-13(17)9-16(12)2/h11-14,17H,3-10H2,1-2H3/t11-,12-,13+,14+/m0/s1. The molecule has 116 valence electrons. The molecule has 20 heavy (non-hydrogen) atoms. The maximum Gasteiger partial charge on any atom is 0.308 e. The quantitative estimate of drug-likeness (QED) is 0.769. The highest BCUT2D eigenvalue weighted by atomic mass is 16.5. The molecule has 0 spiro atoms. The van der Waals surface area contributed by atoms with Crippen LogP contribution in [-0.2, 0) is 14.3 Å². The summed E-state index contributed by atoms with van der Waals surface area (Å²) in [6.07, 6.45) is 4.44. The number of aliphatic hydroxyl groups excluding tert-OH is 1. The monoisotopic (exact) mass is 285 g/mol. The molecule has 0 aromatic carbocycles. The van der Waals surface area contributed by atoms with Crippen LogP contribution in [0.5, 0.6) is 0 Å². The lowest BCUT2D eigenvalue weighted by molar-refractivity contribution is -0.150. The molecule has 2 rings (SSSR count). The van der Waals surface area contributed by atoms with Gasteiger partial charge in [0.15, 0.2) is 0 Å². The summed E-state index contributed by atoms with van der Waals surface area (Å²) >= 11 is 0. The minimum Gasteiger partial charge on any atom is -0.466 e. The van der Waals surface area contributed by atoms with Gasteiger partial charge in [0.2, 0.25) is 0 Å². The fourth-order valence-corrected chi connectivity index (χ4v) is 3.22. The van der Waals surface area contributed by atoms with E-state index in [1.54, 1.807) is 0 Å². The molecule has 2 fully saturated rings. The second-order valence-electron chi connectivity index (χ2n) is 6.04. The van der Waals surface area contributed by atoms with Gasteiger partial charge in [-0.15, -0.1) is 0 Å². The number of nitrogens with zero attached hydrogens (tertiary/aromatic N) is 1. The lowest BCUT2D eigenvalue weighted by Crippen LogP contribution is -2.33. The number of hydrogen-bond donors (Lipinski definition) is 1. The van der Waals surface area contributed by atoms with E-state index in [0.29, 0.717) is 19.3 Å². The van der Waals surface area contributed by atoms with E-state index in [-0.39, 0.29) is 24.1 Å². The Bertz CT molecular complexity index is 315. The van der Waals surface area contributed by atoms with Crippen molar-refractivity contribution in [3.63, 3.8) is 0 Å². The third kappa shape index (κ3) is 4.17. The third-order valence-electron chi connectivity index (χ3n) is 4.48. The van der Waals surface area contributed by atoms with Crippen LogP contribution in [0, 0.1) is 5.92 Å². The zero-order chi connectivity index (χ0) is 14.5. The van der Waals surface area contributed by atoms with Crippen LogP contribution in [0.2, 0.25) is 0 Å². The molecule has 5 nitrogen and oxygen atoms in total. The van der Waals surface area contributed by atoms with Crippen LogP contribution >= 0.6 is 0 Å². The summed E-state index contributed by atoms with van der Waals surface area (Å²) in [5.74, 6) is 0.00961. The second-order valence-corrected chi connectivity index (χ2v) is 6.04. The van der Waals surface area contributed by atoms with Crippen molar-refractivity contribution in [2.75, 3.05) is 26.8 Å². The van der Waals surface area contributed by atoms with Gasteiger partial charge in [0.1, 0.15) is 0 Å². The van der Waals surface area contributed by atoms with E-state index in [1.165, 1.54) is 0 Å². The Morgan fingerprint density at radius 2 is 2.00 bits per heavy atom. The minimum atomic E-state index is -0.215. The molecule has 1 saturated carbocycles. The highest BCUT2D eigenvalue weighted by Crippen LogP contribution is 2.28. The first-order chi connectivity index (χ1) is 9.60. The Balaban J connectivity index is 1.66. The smallest absolute Gasteiger partial charge is 0.308 e. The molecule has 2 atom stereocenters. The van der Waals surface area contributed by atoms with Crippen LogP contribution in [-0.4, -0.2) is 61.0 Å². The summed E-state index contributed by atoms with van der Waals surface area (Å²) in [5, 5.41) is 9.60. The van der Waals surface area contributed by atoms with Gasteiger partial charge < -0.3 is 14.6 Å². The van der Waals surface area contributed by atoms with Gasteiger partial charge in [-0.1, -0.05) is 0 Å². The molecule has 0 aromatic heterocycles. The van der Waals surface area contributed by atoms with Crippen molar-refractivity contribution < 1.29 is 19.4 Å². The van der Waals surface area contributed by atoms with Gasteiger partial charge in [-0.2, -0.15) is 0 Å². The summed E-state index contributed by atoms with van der Waals surface area (Å²) < 4.78 is 11.0. The van der Waals surface area contributed by atoms with Gasteiger partial charge in [-0.25, -0.2) is 0 Å². The van der Waals surface area contributed by atoms with Gasteiger partial charge in [0.25, 0.3) is 0 Å². The normalized spacial score (nSPS) is 35.1. The van der Waals surface area contributed by atoms with Crippen molar-refractivity contribution in [2.45, 2.75) is 57.3 Å². The maximum absolute atomic E-state index is 11.7. The molecular formula is C15H27NO4. The van der Waals surface area contributed by atoms with Gasteiger partial charge in [0.05, 0.1) is 31.3 Å². The molecule has 1 aliphatic carbocycles. The van der Waals surface area contributed by atoms with Gasteiger partial charge in [0, 0.05) is 12.6 Å². The largest absolute Gasteiger partial charge is 0.466 e. The lowest BCUT2D eigenvalue weighted by Gasteiger charge is -2.29. The van der Waals surface area contributed by atoms with Crippen molar-refractivity contribution in [1.82, 2.24) is 4.90 Å². The highest BCUT2D eigenvalue weighted by Gasteiger charge is 2.31. The summed E-state index contributed by atoms with van der Waals surface area (Å²) in [5.41, 5.74) is 0. The van der Waals surface area contributed by atoms with Crippen LogP contribution in [0.25, 0.3) is 0 Å². The first-order valence-corrected chi connectivity index (χ1v) is 7.76. The molecule has 0 bridgehead atoms. The van der Waals surface area contributed by atoms with Crippen molar-refractivity contribution >= 4 is 5.97 Å². The Morgan fingerprint density at radius 1 is 1.30 bits per heavy atom. The van der Waals surface area contributed by atoms with Crippen LogP contribution in [0.15, 0.2) is 0 Å². The number of likely N-dealkylation sites (tertiary alicyclic amines) is 1. The Labute approximate surface area is 121 Å². The van der Waals surface area contributed by atoms with Crippen LogP contribution in [0.1, 0.15) is 39.0 Å². The number of rotatable bonds is 5. The minimum absolute atomic E-state index is 0.0513. The molecule has 1 N–H and O–H groups in total. The number of hydrogen-bond acceptors (Lipinski definition) is 5. The average molecular weight is 285 g/mol. The predicted molar refractivity (Wildman–Crippen MR) is 75.4 cm³/mol. The molecule has 2 aliphatic rings. The fraction of sp³-hybridized carbons (Fsp3) is 0.933. The van der Waals surface area contributed by atoms with Crippen molar-refractivity contribution in [2.24, 2.45) is 5.92 Å². The summed E-state index contributed by atoms with van der Waals surface area (Å²) in [6, 6.07) is 0.327. The Hall–Kier alpha value is -0.650. The van der Waals surface area contributed by atoms with E-state index in [4.69, 9.17) is 9.47 Å². The molecule has 0 unspecified atom stereocenters. The van der Waals surface area contributed by atoms with E-state index < -0.39 is 0 Å². The number of carbonyl (C=O) groups is 1. The van der Waals surface area contributed by atoms with Crippen LogP contribution in [0.3, 0.4) is 0 Å². The van der Waals surface area contributed by atoms with Gasteiger partial charge >= 0.3 is 5.97 Å². The fourth-order valence-electron chi connectivity index (χ4n) is 3.22. The Morgan fingerprint density at radius 3 is 2.55 bits per heavy atom. The van der Waals surface area contributed by atoms with E-state index in [9.17, 15) is 9.90 Å². The lowest BCUT2D eigenvalue weighted by atomic mass is 9.87. The van der Waals surface area contributed by atoms with E-state index in [0.717, 1.165) is 38.6 Å². The first-order valence-electron chi connectivity index (χ1n) is 7.76. The SMILES string of the molecule is CCOC(=O)[C@H]1CC[C@@H](OC[C@@H]2C[C@@H](O)CN2C)CC1. The zero-order valence-electron chi connectivity index (χ0n) is 12.6. The average Bonchev–Trinajstić information content (AvgIpc) is 2.75. The van der Waals surface area contributed by atoms with Crippen molar-refractivity contribution in [1.29, 1.82) is 0 Å². The summed E-state index contributed by atoms with van der Waals surface area (Å²) in [6.45, 7) is 3.73. The third-order valence-corrected chi connectivity index (χ3v) is 4.48. The van der Waals surface area contributed by atoms with E-state index in [1.807, 2.05) is 14.0 Å². The summed E-state index contributed by atoms with van der Waals surface area (Å²) in [4.78, 5) is 13.8. The predicted octanol–water partition coefficient (Wildman–Crippen LogP) is 1.19. The molecule has 1 aliphatic heterocycles. The van der Waals surface area contributed by atoms with Crippen LogP contribution in [0.4, 0.5) is 0 Å².